The second-order valence-electron chi connectivity index (χ2n) is 3.15. The summed E-state index contributed by atoms with van der Waals surface area (Å²) in [5.74, 6) is 2.64. The topological polar surface area (TPSA) is 0 Å². The van der Waals surface area contributed by atoms with E-state index in [1.54, 1.807) is 0 Å². The highest BCUT2D eigenvalue weighted by molar-refractivity contribution is 8.03. The van der Waals surface area contributed by atoms with Gasteiger partial charge in [-0.05, 0) is 24.3 Å². The van der Waals surface area contributed by atoms with Crippen molar-refractivity contribution in [2.24, 2.45) is 0 Å². The van der Waals surface area contributed by atoms with Gasteiger partial charge in [0, 0.05) is 10.5 Å². The Morgan fingerprint density at radius 3 is 1.42 bits per heavy atom. The molecule has 0 aromatic heterocycles. The number of hydrogen-bond donors (Lipinski definition) is 0. The lowest BCUT2D eigenvalue weighted by atomic mass is 10.4. The summed E-state index contributed by atoms with van der Waals surface area (Å²) in [5.41, 5.74) is 0. The van der Waals surface area contributed by atoms with Crippen molar-refractivity contribution in [1.29, 1.82) is 0 Å². The van der Waals surface area contributed by atoms with Crippen molar-refractivity contribution in [2.75, 3.05) is 11.5 Å². The minimum absolute atomic E-state index is 0.821. The fraction of sp³-hybridized carbons (Fsp3) is 1.00. The van der Waals surface area contributed by atoms with Gasteiger partial charge in [-0.15, -0.1) is 0 Å². The van der Waals surface area contributed by atoms with E-state index in [2.05, 4.69) is 51.2 Å². The van der Waals surface area contributed by atoms with Crippen LogP contribution in [0.5, 0.6) is 0 Å². The van der Waals surface area contributed by atoms with Crippen molar-refractivity contribution >= 4 is 23.5 Å². The molecule has 2 atom stereocenters. The van der Waals surface area contributed by atoms with Gasteiger partial charge in [0.25, 0.3) is 0 Å². The maximum Gasteiger partial charge on any atom is 0.0135 e. The van der Waals surface area contributed by atoms with Gasteiger partial charge in [0.05, 0.1) is 0 Å². The molecule has 0 nitrogen and oxygen atoms in total. The van der Waals surface area contributed by atoms with E-state index in [1.807, 2.05) is 0 Å². The lowest BCUT2D eigenvalue weighted by molar-refractivity contribution is 0.917. The summed E-state index contributed by atoms with van der Waals surface area (Å²) in [5, 5.41) is 1.64. The lowest BCUT2D eigenvalue weighted by Gasteiger charge is -2.18. The molecule has 0 amide bonds. The van der Waals surface area contributed by atoms with Crippen molar-refractivity contribution in [2.45, 2.75) is 51.0 Å². The Hall–Kier alpha value is 0.700. The molecule has 0 heterocycles. The highest BCUT2D eigenvalue weighted by Crippen LogP contribution is 2.24. The van der Waals surface area contributed by atoms with Crippen molar-refractivity contribution in [1.82, 2.24) is 0 Å². The fourth-order valence-corrected chi connectivity index (χ4v) is 3.11. The average Bonchev–Trinajstić information content (AvgIpc) is 2.10. The van der Waals surface area contributed by atoms with E-state index in [0.717, 1.165) is 10.5 Å². The van der Waals surface area contributed by atoms with Gasteiger partial charge in [0.1, 0.15) is 0 Å². The third-order valence-electron chi connectivity index (χ3n) is 1.83. The second kappa shape index (κ2) is 8.31. The molecular formula is C10H22S2. The third kappa shape index (κ3) is 6.24. The average molecular weight is 206 g/mol. The van der Waals surface area contributed by atoms with E-state index in [-0.39, 0.29) is 0 Å². The van der Waals surface area contributed by atoms with Gasteiger partial charge in [0.15, 0.2) is 0 Å². The molecule has 0 saturated heterocycles. The van der Waals surface area contributed by atoms with E-state index in [9.17, 15) is 0 Å². The molecule has 0 aromatic rings. The molecule has 0 spiro atoms. The maximum atomic E-state index is 2.35. The Morgan fingerprint density at radius 1 is 0.833 bits per heavy atom. The molecule has 0 radical (unpaired) electrons. The van der Waals surface area contributed by atoms with Crippen LogP contribution in [-0.4, -0.2) is 22.0 Å². The number of hydrogen-bond acceptors (Lipinski definition) is 2. The molecule has 0 bridgehead atoms. The molecule has 0 saturated carbocycles. The Labute approximate surface area is 86.3 Å². The summed E-state index contributed by atoms with van der Waals surface area (Å²) in [6.45, 7) is 9.22. The third-order valence-corrected chi connectivity index (χ3v) is 5.16. The van der Waals surface area contributed by atoms with Crippen LogP contribution < -0.4 is 0 Å². The minimum Gasteiger partial charge on any atom is -0.158 e. The first kappa shape index (κ1) is 12.7. The van der Waals surface area contributed by atoms with Crippen LogP contribution in [0, 0.1) is 0 Å². The second-order valence-corrected chi connectivity index (χ2v) is 6.12. The number of rotatable bonds is 7. The maximum absolute atomic E-state index is 2.35. The van der Waals surface area contributed by atoms with Crippen LogP contribution in [0.3, 0.4) is 0 Å². The van der Waals surface area contributed by atoms with E-state index < -0.39 is 0 Å². The molecule has 12 heavy (non-hydrogen) atoms. The van der Waals surface area contributed by atoms with Crippen LogP contribution in [0.15, 0.2) is 0 Å². The summed E-state index contributed by atoms with van der Waals surface area (Å²) in [6.07, 6.45) is 2.61. The molecule has 0 aliphatic heterocycles. The normalized spacial score (nSPS) is 16.0. The molecule has 0 aromatic carbocycles. The minimum atomic E-state index is 0.821. The molecular weight excluding hydrogens is 184 g/mol. The molecule has 0 fully saturated rings. The van der Waals surface area contributed by atoms with Crippen molar-refractivity contribution < 1.29 is 0 Å². The smallest absolute Gasteiger partial charge is 0.0135 e. The lowest BCUT2D eigenvalue weighted by Crippen LogP contribution is -2.13. The zero-order valence-corrected chi connectivity index (χ0v) is 10.4. The molecule has 0 aliphatic carbocycles. The van der Waals surface area contributed by atoms with Crippen LogP contribution in [0.1, 0.15) is 40.5 Å². The quantitative estimate of drug-likeness (QED) is 0.616. The summed E-state index contributed by atoms with van der Waals surface area (Å²) in [7, 11) is 0. The Kier molecular flexibility index (Phi) is 8.79. The van der Waals surface area contributed by atoms with E-state index >= 15 is 0 Å². The van der Waals surface area contributed by atoms with Crippen molar-refractivity contribution in [3.05, 3.63) is 0 Å². The van der Waals surface area contributed by atoms with Crippen molar-refractivity contribution in [3.8, 4) is 0 Å². The van der Waals surface area contributed by atoms with E-state index in [1.165, 1.54) is 24.3 Å². The van der Waals surface area contributed by atoms with Gasteiger partial charge in [-0.25, -0.2) is 0 Å². The first-order valence-corrected chi connectivity index (χ1v) is 7.05. The van der Waals surface area contributed by atoms with Gasteiger partial charge >= 0.3 is 0 Å². The summed E-state index contributed by atoms with van der Waals surface area (Å²) < 4.78 is 0. The van der Waals surface area contributed by atoms with Crippen molar-refractivity contribution in [3.63, 3.8) is 0 Å². The zero-order valence-electron chi connectivity index (χ0n) is 8.80. The Morgan fingerprint density at radius 2 is 1.17 bits per heavy atom. The zero-order chi connectivity index (χ0) is 9.40. The summed E-state index contributed by atoms with van der Waals surface area (Å²) >= 11 is 4.23. The molecule has 0 aliphatic rings. The standard InChI is InChI=1S/C10H22S2/c1-5-7-11-9(3)10(4)12-8-6-2/h9-10H,5-8H2,1-4H3. The van der Waals surface area contributed by atoms with Gasteiger partial charge in [-0.3, -0.25) is 0 Å². The number of thioether (sulfide) groups is 2. The van der Waals surface area contributed by atoms with E-state index in [4.69, 9.17) is 0 Å². The first-order valence-electron chi connectivity index (χ1n) is 4.95. The van der Waals surface area contributed by atoms with Crippen LogP contribution in [-0.2, 0) is 0 Å². The molecule has 74 valence electrons. The van der Waals surface area contributed by atoms with Gasteiger partial charge in [0.2, 0.25) is 0 Å². The molecule has 2 unspecified atom stereocenters. The Bertz CT molecular complexity index is 81.8. The van der Waals surface area contributed by atoms with Gasteiger partial charge in [-0.2, -0.15) is 23.5 Å². The molecule has 0 rings (SSSR count). The summed E-state index contributed by atoms with van der Waals surface area (Å²) in [4.78, 5) is 0. The van der Waals surface area contributed by atoms with Gasteiger partial charge in [-0.1, -0.05) is 27.7 Å². The monoisotopic (exact) mass is 206 g/mol. The molecule has 0 N–H and O–H groups in total. The predicted octanol–water partition coefficient (Wildman–Crippen LogP) is 4.05. The Balaban J connectivity index is 3.39. The van der Waals surface area contributed by atoms with Crippen LogP contribution in [0.25, 0.3) is 0 Å². The first-order chi connectivity index (χ1) is 5.72. The predicted molar refractivity (Wildman–Crippen MR) is 64.4 cm³/mol. The molecule has 2 heteroatoms. The van der Waals surface area contributed by atoms with Crippen LogP contribution in [0.4, 0.5) is 0 Å². The summed E-state index contributed by atoms with van der Waals surface area (Å²) in [6, 6.07) is 0. The van der Waals surface area contributed by atoms with E-state index in [0.29, 0.717) is 0 Å². The highest BCUT2D eigenvalue weighted by Gasteiger charge is 2.11. The van der Waals surface area contributed by atoms with Crippen LogP contribution >= 0.6 is 23.5 Å². The largest absolute Gasteiger partial charge is 0.158 e. The van der Waals surface area contributed by atoms with Crippen LogP contribution in [0.2, 0.25) is 0 Å². The highest BCUT2D eigenvalue weighted by atomic mass is 32.2. The van der Waals surface area contributed by atoms with Gasteiger partial charge < -0.3 is 0 Å². The fourth-order valence-electron chi connectivity index (χ4n) is 0.879. The SMILES string of the molecule is CCCSC(C)C(C)SCCC.